The third kappa shape index (κ3) is 2.94. The van der Waals surface area contributed by atoms with E-state index in [1.165, 1.54) is 37.0 Å². The van der Waals surface area contributed by atoms with E-state index in [4.69, 9.17) is 0 Å². The van der Waals surface area contributed by atoms with E-state index in [9.17, 15) is 4.79 Å². The lowest BCUT2D eigenvalue weighted by Gasteiger charge is -2.27. The normalized spacial score (nSPS) is 23.2. The average Bonchev–Trinajstić information content (AvgIpc) is 2.91. The molecule has 2 atom stereocenters. The van der Waals surface area contributed by atoms with Crippen LogP contribution < -0.4 is 10.9 Å². The van der Waals surface area contributed by atoms with Crippen molar-refractivity contribution in [3.63, 3.8) is 0 Å². The van der Waals surface area contributed by atoms with Crippen LogP contribution in [0.2, 0.25) is 0 Å². The molecule has 0 aliphatic heterocycles. The SMILES string of the molecule is CC1CCCC(NCCn2cnc3ccsc3c2=O)C1. The summed E-state index contributed by atoms with van der Waals surface area (Å²) in [6, 6.07) is 2.51. The van der Waals surface area contributed by atoms with Gasteiger partial charge in [0.25, 0.3) is 5.56 Å². The van der Waals surface area contributed by atoms with Crippen molar-refractivity contribution in [2.24, 2.45) is 5.92 Å². The summed E-state index contributed by atoms with van der Waals surface area (Å²) in [6.07, 6.45) is 6.87. The van der Waals surface area contributed by atoms with E-state index in [-0.39, 0.29) is 5.56 Å². The maximum atomic E-state index is 12.2. The fourth-order valence-corrected chi connectivity index (χ4v) is 3.84. The molecule has 1 N–H and O–H groups in total. The summed E-state index contributed by atoms with van der Waals surface area (Å²) < 4.78 is 2.48. The second kappa shape index (κ2) is 6.06. The van der Waals surface area contributed by atoms with Crippen molar-refractivity contribution < 1.29 is 0 Å². The van der Waals surface area contributed by atoms with Crippen molar-refractivity contribution in [1.82, 2.24) is 14.9 Å². The van der Waals surface area contributed by atoms with Gasteiger partial charge in [-0.1, -0.05) is 19.8 Å². The number of aromatic nitrogens is 2. The van der Waals surface area contributed by atoms with Gasteiger partial charge in [0.2, 0.25) is 0 Å². The number of rotatable bonds is 4. The predicted molar refractivity (Wildman–Crippen MR) is 83.3 cm³/mol. The van der Waals surface area contributed by atoms with E-state index in [2.05, 4.69) is 17.2 Å². The minimum Gasteiger partial charge on any atom is -0.312 e. The average molecular weight is 291 g/mol. The molecule has 0 aromatic carbocycles. The summed E-state index contributed by atoms with van der Waals surface area (Å²) in [5.74, 6) is 0.827. The smallest absolute Gasteiger partial charge is 0.271 e. The second-order valence-electron chi connectivity index (χ2n) is 5.80. The van der Waals surface area contributed by atoms with Gasteiger partial charge in [0, 0.05) is 19.1 Å². The van der Waals surface area contributed by atoms with Crippen LogP contribution in [0.4, 0.5) is 0 Å². The Morgan fingerprint density at radius 2 is 2.40 bits per heavy atom. The van der Waals surface area contributed by atoms with Gasteiger partial charge in [-0.15, -0.1) is 11.3 Å². The van der Waals surface area contributed by atoms with Crippen molar-refractivity contribution in [1.29, 1.82) is 0 Å². The van der Waals surface area contributed by atoms with Crippen molar-refractivity contribution in [2.75, 3.05) is 6.54 Å². The van der Waals surface area contributed by atoms with Crippen molar-refractivity contribution in [2.45, 2.75) is 45.2 Å². The summed E-state index contributed by atoms with van der Waals surface area (Å²) in [7, 11) is 0. The van der Waals surface area contributed by atoms with Crippen LogP contribution in [0.3, 0.4) is 0 Å². The van der Waals surface area contributed by atoms with Gasteiger partial charge in [-0.3, -0.25) is 9.36 Å². The lowest BCUT2D eigenvalue weighted by Crippen LogP contribution is -2.36. The molecule has 2 aromatic rings. The van der Waals surface area contributed by atoms with Crippen LogP contribution in [0.5, 0.6) is 0 Å². The molecular formula is C15H21N3OS. The molecule has 0 spiro atoms. The van der Waals surface area contributed by atoms with Gasteiger partial charge in [0.05, 0.1) is 11.8 Å². The van der Waals surface area contributed by atoms with Gasteiger partial charge in [-0.05, 0) is 30.2 Å². The van der Waals surface area contributed by atoms with Crippen LogP contribution in [0, 0.1) is 5.92 Å². The molecule has 108 valence electrons. The number of hydrogen-bond donors (Lipinski definition) is 1. The van der Waals surface area contributed by atoms with Crippen molar-refractivity contribution in [3.8, 4) is 0 Å². The monoisotopic (exact) mass is 291 g/mol. The number of nitrogens with one attached hydrogen (secondary N) is 1. The second-order valence-corrected chi connectivity index (χ2v) is 6.72. The van der Waals surface area contributed by atoms with Crippen LogP contribution in [-0.4, -0.2) is 22.1 Å². The molecular weight excluding hydrogens is 270 g/mol. The minimum absolute atomic E-state index is 0.0869. The first kappa shape index (κ1) is 13.8. The third-order valence-corrected chi connectivity index (χ3v) is 5.05. The first-order chi connectivity index (χ1) is 9.74. The molecule has 5 heteroatoms. The summed E-state index contributed by atoms with van der Waals surface area (Å²) in [4.78, 5) is 16.6. The quantitative estimate of drug-likeness (QED) is 0.942. The first-order valence-corrected chi connectivity index (χ1v) is 8.28. The van der Waals surface area contributed by atoms with Gasteiger partial charge in [-0.25, -0.2) is 4.98 Å². The van der Waals surface area contributed by atoms with Gasteiger partial charge >= 0.3 is 0 Å². The minimum atomic E-state index is 0.0869. The number of hydrogen-bond acceptors (Lipinski definition) is 4. The lowest BCUT2D eigenvalue weighted by molar-refractivity contribution is 0.299. The van der Waals surface area contributed by atoms with E-state index in [1.54, 1.807) is 10.9 Å². The maximum absolute atomic E-state index is 12.2. The molecule has 4 nitrogen and oxygen atoms in total. The highest BCUT2D eigenvalue weighted by molar-refractivity contribution is 7.17. The fourth-order valence-electron chi connectivity index (χ4n) is 3.05. The molecule has 20 heavy (non-hydrogen) atoms. The Bertz CT molecular complexity index is 633. The first-order valence-electron chi connectivity index (χ1n) is 7.40. The van der Waals surface area contributed by atoms with Gasteiger partial charge in [0.15, 0.2) is 0 Å². The molecule has 1 saturated carbocycles. The van der Waals surface area contributed by atoms with Crippen LogP contribution in [-0.2, 0) is 6.54 Å². The summed E-state index contributed by atoms with van der Waals surface area (Å²) in [6.45, 7) is 3.87. The van der Waals surface area contributed by atoms with Crippen LogP contribution in [0.15, 0.2) is 22.6 Å². The van der Waals surface area contributed by atoms with Gasteiger partial charge in [-0.2, -0.15) is 0 Å². The van der Waals surface area contributed by atoms with E-state index < -0.39 is 0 Å². The molecule has 2 heterocycles. The Morgan fingerprint density at radius 3 is 3.25 bits per heavy atom. The molecule has 0 bridgehead atoms. The summed E-state index contributed by atoms with van der Waals surface area (Å²) in [5, 5.41) is 5.51. The van der Waals surface area contributed by atoms with Crippen LogP contribution >= 0.6 is 11.3 Å². The molecule has 2 aromatic heterocycles. The van der Waals surface area contributed by atoms with E-state index in [0.29, 0.717) is 12.6 Å². The Hall–Kier alpha value is -1.20. The maximum Gasteiger partial charge on any atom is 0.271 e. The lowest BCUT2D eigenvalue weighted by atomic mass is 9.87. The number of fused-ring (bicyclic) bond motifs is 1. The topological polar surface area (TPSA) is 46.9 Å². The molecule has 0 amide bonds. The predicted octanol–water partition coefficient (Wildman–Crippen LogP) is 2.63. The number of thiophene rings is 1. The summed E-state index contributed by atoms with van der Waals surface area (Å²) in [5.41, 5.74) is 0.897. The summed E-state index contributed by atoms with van der Waals surface area (Å²) >= 11 is 1.47. The fraction of sp³-hybridized carbons (Fsp3) is 0.600. The van der Waals surface area contributed by atoms with Crippen LogP contribution in [0.25, 0.3) is 10.2 Å². The molecule has 0 saturated heterocycles. The zero-order valence-electron chi connectivity index (χ0n) is 11.8. The van der Waals surface area contributed by atoms with Crippen LogP contribution in [0.1, 0.15) is 32.6 Å². The van der Waals surface area contributed by atoms with E-state index in [0.717, 1.165) is 22.7 Å². The van der Waals surface area contributed by atoms with Crippen molar-refractivity contribution in [3.05, 3.63) is 28.1 Å². The Morgan fingerprint density at radius 1 is 1.50 bits per heavy atom. The molecule has 1 fully saturated rings. The van der Waals surface area contributed by atoms with Gasteiger partial charge in [0.1, 0.15) is 4.70 Å². The highest BCUT2D eigenvalue weighted by atomic mass is 32.1. The number of nitrogens with zero attached hydrogens (tertiary/aromatic N) is 2. The standard InChI is InChI=1S/C15H21N3OS/c1-11-3-2-4-12(9-11)16-6-7-18-10-17-13-5-8-20-14(13)15(18)19/h5,8,10-12,16H,2-4,6-7,9H2,1H3. The Kier molecular flexibility index (Phi) is 4.17. The van der Waals surface area contributed by atoms with E-state index >= 15 is 0 Å². The van der Waals surface area contributed by atoms with Crippen molar-refractivity contribution >= 4 is 21.6 Å². The molecule has 3 rings (SSSR count). The zero-order valence-corrected chi connectivity index (χ0v) is 12.7. The van der Waals surface area contributed by atoms with Gasteiger partial charge < -0.3 is 5.32 Å². The molecule has 1 aliphatic rings. The highest BCUT2D eigenvalue weighted by Gasteiger charge is 2.17. The zero-order chi connectivity index (χ0) is 13.9. The molecule has 2 unspecified atom stereocenters. The molecule has 1 aliphatic carbocycles. The largest absolute Gasteiger partial charge is 0.312 e. The Balaban J connectivity index is 1.59. The van der Waals surface area contributed by atoms with E-state index in [1.807, 2.05) is 11.4 Å². The third-order valence-electron chi connectivity index (χ3n) is 4.16. The Labute approximate surface area is 122 Å². The highest BCUT2D eigenvalue weighted by Crippen LogP contribution is 2.23. The molecule has 0 radical (unpaired) electrons.